The molecule has 24 heavy (non-hydrogen) atoms. The maximum absolute atomic E-state index is 13.6. The Hall–Kier alpha value is -3.15. The Bertz CT molecular complexity index is 889. The molecule has 3 rings (SSSR count). The van der Waals surface area contributed by atoms with Gasteiger partial charge in [0, 0.05) is 11.6 Å². The van der Waals surface area contributed by atoms with Crippen molar-refractivity contribution in [1.29, 1.82) is 0 Å². The molecular formula is C18H15FN2O3. The maximum Gasteiger partial charge on any atom is 0.277 e. The van der Waals surface area contributed by atoms with Gasteiger partial charge in [0.05, 0.1) is 12.8 Å². The molecule has 1 amide bonds. The standard InChI is InChI=1S/C18H15FN2O3/c1-11-7-8-12(9-13(11)19)17-10-15(21-24-17)18(22)20-14-5-3-4-6-16(14)23-2/h3-10H,1-2H3,(H,20,22). The number of carbonyl (C=O) groups is 1. The van der Waals surface area contributed by atoms with Crippen LogP contribution in [0.15, 0.2) is 53.1 Å². The Morgan fingerprint density at radius 2 is 2.00 bits per heavy atom. The third-order valence-corrected chi connectivity index (χ3v) is 3.55. The average Bonchev–Trinajstić information content (AvgIpc) is 3.08. The summed E-state index contributed by atoms with van der Waals surface area (Å²) in [4.78, 5) is 12.3. The topological polar surface area (TPSA) is 64.4 Å². The highest BCUT2D eigenvalue weighted by molar-refractivity contribution is 6.04. The number of hydrogen-bond donors (Lipinski definition) is 1. The molecule has 0 aliphatic carbocycles. The molecule has 6 heteroatoms. The van der Waals surface area contributed by atoms with E-state index in [0.29, 0.717) is 28.3 Å². The van der Waals surface area contributed by atoms with E-state index in [0.717, 1.165) is 0 Å². The zero-order valence-corrected chi connectivity index (χ0v) is 13.2. The second kappa shape index (κ2) is 6.54. The monoisotopic (exact) mass is 326 g/mol. The summed E-state index contributed by atoms with van der Waals surface area (Å²) in [5.41, 5.74) is 1.67. The van der Waals surface area contributed by atoms with Crippen LogP contribution in [-0.2, 0) is 0 Å². The van der Waals surface area contributed by atoms with Crippen molar-refractivity contribution in [1.82, 2.24) is 5.16 Å². The van der Waals surface area contributed by atoms with Crippen molar-refractivity contribution < 1.29 is 18.4 Å². The summed E-state index contributed by atoms with van der Waals surface area (Å²) < 4.78 is 24.0. The first kappa shape index (κ1) is 15.7. The van der Waals surface area contributed by atoms with E-state index in [-0.39, 0.29) is 11.5 Å². The molecule has 0 spiro atoms. The SMILES string of the molecule is COc1ccccc1NC(=O)c1cc(-c2ccc(C)c(F)c2)on1. The summed E-state index contributed by atoms with van der Waals surface area (Å²) in [6.45, 7) is 1.67. The lowest BCUT2D eigenvalue weighted by Gasteiger charge is -2.08. The molecule has 0 bridgehead atoms. The van der Waals surface area contributed by atoms with Gasteiger partial charge >= 0.3 is 0 Å². The van der Waals surface area contributed by atoms with Crippen LogP contribution in [0.25, 0.3) is 11.3 Å². The molecule has 0 saturated carbocycles. The van der Waals surface area contributed by atoms with Crippen LogP contribution in [0.4, 0.5) is 10.1 Å². The van der Waals surface area contributed by atoms with Crippen LogP contribution in [0, 0.1) is 12.7 Å². The fraction of sp³-hybridized carbons (Fsp3) is 0.111. The van der Waals surface area contributed by atoms with Crippen LogP contribution in [0.3, 0.4) is 0 Å². The number of hydrogen-bond acceptors (Lipinski definition) is 4. The first-order chi connectivity index (χ1) is 11.6. The molecule has 1 aromatic heterocycles. The molecule has 1 heterocycles. The second-order valence-electron chi connectivity index (χ2n) is 5.19. The number of nitrogens with one attached hydrogen (secondary N) is 1. The van der Waals surface area contributed by atoms with Crippen molar-refractivity contribution in [2.24, 2.45) is 0 Å². The van der Waals surface area contributed by atoms with E-state index in [1.54, 1.807) is 43.3 Å². The molecule has 0 aliphatic rings. The van der Waals surface area contributed by atoms with Gasteiger partial charge in [-0.2, -0.15) is 0 Å². The Balaban J connectivity index is 1.82. The van der Waals surface area contributed by atoms with E-state index >= 15 is 0 Å². The summed E-state index contributed by atoms with van der Waals surface area (Å²) >= 11 is 0. The molecule has 3 aromatic rings. The number of benzene rings is 2. The van der Waals surface area contributed by atoms with Crippen LogP contribution >= 0.6 is 0 Å². The van der Waals surface area contributed by atoms with Gasteiger partial charge < -0.3 is 14.6 Å². The van der Waals surface area contributed by atoms with E-state index in [1.807, 2.05) is 0 Å². The smallest absolute Gasteiger partial charge is 0.277 e. The highest BCUT2D eigenvalue weighted by atomic mass is 19.1. The molecule has 0 aliphatic heterocycles. The molecule has 5 nitrogen and oxygen atoms in total. The summed E-state index contributed by atoms with van der Waals surface area (Å²) in [5, 5.41) is 6.45. The molecule has 2 aromatic carbocycles. The highest BCUT2D eigenvalue weighted by Gasteiger charge is 2.16. The van der Waals surface area contributed by atoms with E-state index < -0.39 is 5.91 Å². The van der Waals surface area contributed by atoms with Gasteiger partial charge in [-0.1, -0.05) is 29.4 Å². The maximum atomic E-state index is 13.6. The lowest BCUT2D eigenvalue weighted by molar-refractivity contribution is 0.101. The quantitative estimate of drug-likeness (QED) is 0.785. The average molecular weight is 326 g/mol. The lowest BCUT2D eigenvalue weighted by atomic mass is 10.1. The largest absolute Gasteiger partial charge is 0.495 e. The number of aryl methyl sites for hydroxylation is 1. The third-order valence-electron chi connectivity index (χ3n) is 3.55. The number of anilines is 1. The molecule has 1 N–H and O–H groups in total. The van der Waals surface area contributed by atoms with Crippen LogP contribution in [0.1, 0.15) is 16.1 Å². The first-order valence-corrected chi connectivity index (χ1v) is 7.26. The molecule has 122 valence electrons. The predicted molar refractivity (Wildman–Crippen MR) is 87.6 cm³/mol. The van der Waals surface area contributed by atoms with E-state index in [9.17, 15) is 9.18 Å². The minimum Gasteiger partial charge on any atom is -0.495 e. The summed E-state index contributed by atoms with van der Waals surface area (Å²) in [6.07, 6.45) is 0. The molecule has 0 fully saturated rings. The number of aromatic nitrogens is 1. The van der Waals surface area contributed by atoms with Crippen molar-refractivity contribution >= 4 is 11.6 Å². The van der Waals surface area contributed by atoms with Crippen LogP contribution < -0.4 is 10.1 Å². The van der Waals surface area contributed by atoms with Crippen molar-refractivity contribution in [2.45, 2.75) is 6.92 Å². The highest BCUT2D eigenvalue weighted by Crippen LogP contribution is 2.25. The molecule has 0 saturated heterocycles. The number of methoxy groups -OCH3 is 1. The summed E-state index contributed by atoms with van der Waals surface area (Å²) in [5.74, 6) is 0.0697. The van der Waals surface area contributed by atoms with Crippen LogP contribution in [-0.4, -0.2) is 18.2 Å². The van der Waals surface area contributed by atoms with Crippen LogP contribution in [0.5, 0.6) is 5.75 Å². The summed E-state index contributed by atoms with van der Waals surface area (Å²) in [7, 11) is 1.52. The predicted octanol–water partition coefficient (Wildman–Crippen LogP) is 4.05. The van der Waals surface area contributed by atoms with Gasteiger partial charge in [0.2, 0.25) is 0 Å². The lowest BCUT2D eigenvalue weighted by Crippen LogP contribution is -2.12. The van der Waals surface area contributed by atoms with Gasteiger partial charge in [-0.05, 0) is 30.7 Å². The number of ether oxygens (including phenoxy) is 1. The van der Waals surface area contributed by atoms with Gasteiger partial charge in [-0.15, -0.1) is 0 Å². The van der Waals surface area contributed by atoms with E-state index in [2.05, 4.69) is 10.5 Å². The van der Waals surface area contributed by atoms with Gasteiger partial charge in [-0.25, -0.2) is 4.39 Å². The fourth-order valence-electron chi connectivity index (χ4n) is 2.20. The summed E-state index contributed by atoms with van der Waals surface area (Å²) in [6, 6.07) is 13.2. The van der Waals surface area contributed by atoms with E-state index in [1.165, 1.54) is 19.2 Å². The molecule has 0 atom stereocenters. The van der Waals surface area contributed by atoms with Crippen molar-refractivity contribution in [2.75, 3.05) is 12.4 Å². The van der Waals surface area contributed by atoms with Gasteiger partial charge in [0.15, 0.2) is 11.5 Å². The second-order valence-corrected chi connectivity index (χ2v) is 5.19. The zero-order chi connectivity index (χ0) is 17.1. The van der Waals surface area contributed by atoms with Crippen molar-refractivity contribution in [3.8, 4) is 17.1 Å². The van der Waals surface area contributed by atoms with E-state index in [4.69, 9.17) is 9.26 Å². The normalized spacial score (nSPS) is 10.5. The fourth-order valence-corrected chi connectivity index (χ4v) is 2.20. The number of para-hydroxylation sites is 2. The van der Waals surface area contributed by atoms with Gasteiger partial charge in [0.25, 0.3) is 5.91 Å². The first-order valence-electron chi connectivity index (χ1n) is 7.26. The Labute approximate surface area is 138 Å². The Morgan fingerprint density at radius 1 is 1.21 bits per heavy atom. The van der Waals surface area contributed by atoms with Crippen LogP contribution in [0.2, 0.25) is 0 Å². The number of halogens is 1. The number of rotatable bonds is 4. The van der Waals surface area contributed by atoms with Crippen molar-refractivity contribution in [3.05, 3.63) is 65.6 Å². The molecule has 0 unspecified atom stereocenters. The van der Waals surface area contributed by atoms with Crippen molar-refractivity contribution in [3.63, 3.8) is 0 Å². The minimum absolute atomic E-state index is 0.0943. The molecule has 0 radical (unpaired) electrons. The Kier molecular flexibility index (Phi) is 4.29. The number of amides is 1. The van der Waals surface area contributed by atoms with Gasteiger partial charge in [-0.3, -0.25) is 4.79 Å². The molecular weight excluding hydrogens is 311 g/mol. The number of carbonyl (C=O) groups excluding carboxylic acids is 1. The zero-order valence-electron chi connectivity index (χ0n) is 13.2. The third kappa shape index (κ3) is 3.12. The minimum atomic E-state index is -0.443. The Morgan fingerprint density at radius 3 is 2.75 bits per heavy atom. The van der Waals surface area contributed by atoms with Gasteiger partial charge in [0.1, 0.15) is 11.6 Å². The number of nitrogens with zero attached hydrogens (tertiary/aromatic N) is 1.